The number of rotatable bonds is 3. The lowest BCUT2D eigenvalue weighted by atomic mass is 10.4. The number of hydrogen-bond acceptors (Lipinski definition) is 3. The van der Waals surface area contributed by atoms with Crippen molar-refractivity contribution in [1.82, 2.24) is 9.97 Å². The number of nitrogens with zero attached hydrogens (tertiary/aromatic N) is 2. The molecule has 0 aliphatic rings. The van der Waals surface area contributed by atoms with E-state index in [0.29, 0.717) is 5.95 Å². The van der Waals surface area contributed by atoms with Gasteiger partial charge in [-0.2, -0.15) is 0 Å². The summed E-state index contributed by atoms with van der Waals surface area (Å²) in [6.07, 6.45) is 4.93. The van der Waals surface area contributed by atoms with Gasteiger partial charge in [0.2, 0.25) is 11.9 Å². The molecule has 0 atom stereocenters. The Kier molecular flexibility index (Phi) is 2.95. The molecule has 0 aromatic carbocycles. The Morgan fingerprint density at radius 3 is 2.83 bits per heavy atom. The van der Waals surface area contributed by atoms with Crippen molar-refractivity contribution in [2.24, 2.45) is 0 Å². The van der Waals surface area contributed by atoms with Gasteiger partial charge in [-0.3, -0.25) is 10.1 Å². The molecule has 1 heterocycles. The molecule has 1 rings (SSSR count). The molecule has 0 bridgehead atoms. The van der Waals surface area contributed by atoms with Gasteiger partial charge in [0.25, 0.3) is 0 Å². The maximum atomic E-state index is 11.0. The number of aromatic nitrogens is 2. The zero-order valence-corrected chi connectivity index (χ0v) is 6.53. The molecule has 1 amide bonds. The summed E-state index contributed by atoms with van der Waals surface area (Å²) in [4.78, 5) is 18.6. The molecule has 0 unspecified atom stereocenters. The molecule has 0 fully saturated rings. The first-order chi connectivity index (χ1) is 5.83. The van der Waals surface area contributed by atoms with Crippen molar-refractivity contribution in [1.29, 1.82) is 0 Å². The molecule has 4 nitrogen and oxygen atoms in total. The minimum absolute atomic E-state index is 0.156. The first-order valence-corrected chi connectivity index (χ1v) is 3.50. The van der Waals surface area contributed by atoms with E-state index in [0.717, 1.165) is 0 Å². The van der Waals surface area contributed by atoms with Gasteiger partial charge in [0.15, 0.2) is 0 Å². The first kappa shape index (κ1) is 8.39. The second-order valence-electron chi connectivity index (χ2n) is 2.11. The fourth-order valence-corrected chi connectivity index (χ4v) is 0.670. The summed E-state index contributed by atoms with van der Waals surface area (Å²) in [5, 5.41) is 2.51. The zero-order valence-electron chi connectivity index (χ0n) is 6.53. The van der Waals surface area contributed by atoms with E-state index in [4.69, 9.17) is 0 Å². The van der Waals surface area contributed by atoms with Crippen LogP contribution in [0.5, 0.6) is 0 Å². The monoisotopic (exact) mass is 163 g/mol. The van der Waals surface area contributed by atoms with Crippen molar-refractivity contribution in [2.75, 3.05) is 5.32 Å². The van der Waals surface area contributed by atoms with E-state index in [1.807, 2.05) is 0 Å². The van der Waals surface area contributed by atoms with E-state index in [1.54, 1.807) is 18.5 Å². The highest BCUT2D eigenvalue weighted by molar-refractivity contribution is 5.89. The lowest BCUT2D eigenvalue weighted by Crippen LogP contribution is -2.11. The van der Waals surface area contributed by atoms with Crippen LogP contribution in [-0.2, 0) is 4.79 Å². The molecule has 1 aromatic rings. The van der Waals surface area contributed by atoms with Crippen LogP contribution in [0.1, 0.15) is 6.42 Å². The second kappa shape index (κ2) is 4.23. The highest BCUT2D eigenvalue weighted by Gasteiger charge is 1.99. The Balaban J connectivity index is 2.52. The van der Waals surface area contributed by atoms with Gasteiger partial charge in [-0.15, -0.1) is 6.58 Å². The maximum Gasteiger partial charge on any atom is 0.230 e. The smallest absolute Gasteiger partial charge is 0.230 e. The Labute approximate surface area is 70.4 Å². The molecule has 0 aliphatic heterocycles. The van der Waals surface area contributed by atoms with Crippen LogP contribution in [0.2, 0.25) is 0 Å². The summed E-state index contributed by atoms with van der Waals surface area (Å²) < 4.78 is 0. The van der Waals surface area contributed by atoms with Crippen molar-refractivity contribution in [3.05, 3.63) is 31.1 Å². The summed E-state index contributed by atoms with van der Waals surface area (Å²) >= 11 is 0. The molecule has 4 heteroatoms. The van der Waals surface area contributed by atoms with Crippen LogP contribution in [0, 0.1) is 0 Å². The quantitative estimate of drug-likeness (QED) is 0.676. The molecule has 1 aromatic heterocycles. The highest BCUT2D eigenvalue weighted by Crippen LogP contribution is 1.94. The largest absolute Gasteiger partial charge is 0.294 e. The van der Waals surface area contributed by atoms with Gasteiger partial charge >= 0.3 is 0 Å². The van der Waals surface area contributed by atoms with Crippen LogP contribution in [-0.4, -0.2) is 15.9 Å². The van der Waals surface area contributed by atoms with Crippen LogP contribution in [0.25, 0.3) is 0 Å². The summed E-state index contributed by atoms with van der Waals surface area (Å²) in [5.41, 5.74) is 0. The van der Waals surface area contributed by atoms with Crippen molar-refractivity contribution in [3.63, 3.8) is 0 Å². The van der Waals surface area contributed by atoms with E-state index < -0.39 is 0 Å². The standard InChI is InChI=1S/C8H9N3O/c1-2-4-7(12)11-8-9-5-3-6-10-8/h2-3,5-6H,1,4H2,(H,9,10,11,12). The number of nitrogens with one attached hydrogen (secondary N) is 1. The summed E-state index contributed by atoms with van der Waals surface area (Å²) in [6, 6.07) is 1.68. The third-order valence-electron chi connectivity index (χ3n) is 1.15. The average molecular weight is 163 g/mol. The molecular weight excluding hydrogens is 154 g/mol. The number of carbonyl (C=O) groups excluding carboxylic acids is 1. The third kappa shape index (κ3) is 2.49. The summed E-state index contributed by atoms with van der Waals surface area (Å²) in [7, 11) is 0. The van der Waals surface area contributed by atoms with Crippen LogP contribution in [0.3, 0.4) is 0 Å². The van der Waals surface area contributed by atoms with Crippen LogP contribution < -0.4 is 5.32 Å². The van der Waals surface area contributed by atoms with Gasteiger partial charge in [0, 0.05) is 18.8 Å². The van der Waals surface area contributed by atoms with Crippen molar-refractivity contribution < 1.29 is 4.79 Å². The molecule has 62 valence electrons. The normalized spacial score (nSPS) is 9.00. The van der Waals surface area contributed by atoms with Crippen molar-refractivity contribution >= 4 is 11.9 Å². The number of anilines is 1. The predicted molar refractivity (Wildman–Crippen MR) is 45.5 cm³/mol. The van der Waals surface area contributed by atoms with Gasteiger partial charge < -0.3 is 0 Å². The molecule has 0 saturated heterocycles. The van der Waals surface area contributed by atoms with E-state index >= 15 is 0 Å². The SMILES string of the molecule is C=CCC(=O)Nc1ncccn1. The van der Waals surface area contributed by atoms with E-state index in [1.165, 1.54) is 6.08 Å². The summed E-state index contributed by atoms with van der Waals surface area (Å²) in [6.45, 7) is 3.44. The van der Waals surface area contributed by atoms with Gasteiger partial charge in [-0.1, -0.05) is 6.08 Å². The van der Waals surface area contributed by atoms with Crippen LogP contribution in [0.15, 0.2) is 31.1 Å². The molecule has 0 radical (unpaired) electrons. The highest BCUT2D eigenvalue weighted by atomic mass is 16.1. The Morgan fingerprint density at radius 2 is 2.25 bits per heavy atom. The predicted octanol–water partition coefficient (Wildman–Crippen LogP) is 0.991. The minimum atomic E-state index is -0.156. The minimum Gasteiger partial charge on any atom is -0.294 e. The third-order valence-corrected chi connectivity index (χ3v) is 1.15. The van der Waals surface area contributed by atoms with E-state index in [9.17, 15) is 4.79 Å². The van der Waals surface area contributed by atoms with Crippen LogP contribution in [0.4, 0.5) is 5.95 Å². The molecular formula is C8H9N3O. The van der Waals surface area contributed by atoms with Gasteiger partial charge in [-0.25, -0.2) is 9.97 Å². The van der Waals surface area contributed by atoms with Crippen molar-refractivity contribution in [3.8, 4) is 0 Å². The molecule has 1 N–H and O–H groups in total. The fraction of sp³-hybridized carbons (Fsp3) is 0.125. The average Bonchev–Trinajstić information content (AvgIpc) is 2.06. The Hall–Kier alpha value is -1.71. The van der Waals surface area contributed by atoms with Gasteiger partial charge in [0.1, 0.15) is 0 Å². The van der Waals surface area contributed by atoms with E-state index in [-0.39, 0.29) is 12.3 Å². The van der Waals surface area contributed by atoms with E-state index in [2.05, 4.69) is 21.9 Å². The lowest BCUT2D eigenvalue weighted by Gasteiger charge is -1.98. The van der Waals surface area contributed by atoms with Crippen molar-refractivity contribution in [2.45, 2.75) is 6.42 Å². The molecule has 0 spiro atoms. The molecule has 0 aliphatic carbocycles. The number of hydrogen-bond donors (Lipinski definition) is 1. The van der Waals surface area contributed by atoms with Crippen LogP contribution >= 0.6 is 0 Å². The number of amides is 1. The number of carbonyl (C=O) groups is 1. The topological polar surface area (TPSA) is 54.9 Å². The fourth-order valence-electron chi connectivity index (χ4n) is 0.670. The zero-order chi connectivity index (χ0) is 8.81. The molecule has 12 heavy (non-hydrogen) atoms. The maximum absolute atomic E-state index is 11.0. The Morgan fingerprint density at radius 1 is 1.58 bits per heavy atom. The van der Waals surface area contributed by atoms with Gasteiger partial charge in [0.05, 0.1) is 0 Å². The summed E-state index contributed by atoms with van der Waals surface area (Å²) in [5.74, 6) is 0.167. The first-order valence-electron chi connectivity index (χ1n) is 3.50. The Bertz CT molecular complexity index is 271. The lowest BCUT2D eigenvalue weighted by molar-refractivity contribution is -0.115. The second-order valence-corrected chi connectivity index (χ2v) is 2.11. The molecule has 0 saturated carbocycles. The van der Waals surface area contributed by atoms with Gasteiger partial charge in [-0.05, 0) is 6.07 Å².